The number of hydrogen-bond acceptors (Lipinski definition) is 3. The van der Waals surface area contributed by atoms with Crippen molar-refractivity contribution in [1.82, 2.24) is 4.90 Å². The molecule has 0 bridgehead atoms. The predicted molar refractivity (Wildman–Crippen MR) is 109 cm³/mol. The highest BCUT2D eigenvalue weighted by atomic mass is 16.2. The van der Waals surface area contributed by atoms with E-state index in [1.165, 1.54) is 32.1 Å². The third-order valence-corrected chi connectivity index (χ3v) is 5.27. The summed E-state index contributed by atoms with van der Waals surface area (Å²) >= 11 is 0. The summed E-state index contributed by atoms with van der Waals surface area (Å²) < 4.78 is 0. The molecule has 2 amide bonds. The van der Waals surface area contributed by atoms with E-state index in [0.717, 1.165) is 6.54 Å². The van der Waals surface area contributed by atoms with E-state index in [4.69, 9.17) is 5.26 Å². The van der Waals surface area contributed by atoms with Crippen LogP contribution < -0.4 is 5.32 Å². The molecule has 1 saturated carbocycles. The molecule has 0 spiro atoms. The maximum Gasteiger partial charge on any atom is 0.255 e. The van der Waals surface area contributed by atoms with Gasteiger partial charge in [-0.3, -0.25) is 9.59 Å². The molecule has 5 nitrogen and oxygen atoms in total. The maximum absolute atomic E-state index is 12.6. The molecule has 0 saturated heterocycles. The summed E-state index contributed by atoms with van der Waals surface area (Å²) in [6, 6.07) is 15.4. The standard InChI is InChI=1S/C23H25N3O2/c1-26(16-18-5-3-2-4-6-18)23(28)20-11-13-21(14-12-20)25-22(27)19-9-7-17(15-24)8-10-19/h7-14,18H,2-6,16H2,1H3,(H,25,27). The fourth-order valence-corrected chi connectivity index (χ4v) is 3.66. The van der Waals surface area contributed by atoms with E-state index in [1.54, 1.807) is 53.4 Å². The van der Waals surface area contributed by atoms with Gasteiger partial charge in [-0.2, -0.15) is 5.26 Å². The summed E-state index contributed by atoms with van der Waals surface area (Å²) in [6.07, 6.45) is 6.25. The zero-order valence-corrected chi connectivity index (χ0v) is 16.1. The van der Waals surface area contributed by atoms with Crippen LogP contribution in [0.15, 0.2) is 48.5 Å². The van der Waals surface area contributed by atoms with Gasteiger partial charge in [0.05, 0.1) is 11.6 Å². The van der Waals surface area contributed by atoms with Crippen LogP contribution in [0.2, 0.25) is 0 Å². The molecule has 1 aliphatic rings. The number of rotatable bonds is 5. The highest BCUT2D eigenvalue weighted by Crippen LogP contribution is 2.24. The Morgan fingerprint density at radius 2 is 1.61 bits per heavy atom. The van der Waals surface area contributed by atoms with Crippen molar-refractivity contribution in [2.45, 2.75) is 32.1 Å². The summed E-state index contributed by atoms with van der Waals surface area (Å²) in [5.74, 6) is 0.363. The highest BCUT2D eigenvalue weighted by Gasteiger charge is 2.19. The molecule has 0 heterocycles. The molecule has 0 unspecified atom stereocenters. The lowest BCUT2D eigenvalue weighted by Crippen LogP contribution is -2.32. The van der Waals surface area contributed by atoms with Crippen LogP contribution in [0.4, 0.5) is 5.69 Å². The molecular formula is C23H25N3O2. The number of carbonyl (C=O) groups excluding carboxylic acids is 2. The van der Waals surface area contributed by atoms with Gasteiger partial charge in [-0.1, -0.05) is 19.3 Å². The molecule has 0 aromatic heterocycles. The number of hydrogen-bond donors (Lipinski definition) is 1. The first kappa shape index (κ1) is 19.6. The van der Waals surface area contributed by atoms with Gasteiger partial charge in [0.1, 0.15) is 0 Å². The highest BCUT2D eigenvalue weighted by molar-refractivity contribution is 6.04. The number of carbonyl (C=O) groups is 2. The summed E-state index contributed by atoms with van der Waals surface area (Å²) in [7, 11) is 1.86. The van der Waals surface area contributed by atoms with E-state index in [2.05, 4.69) is 5.32 Å². The van der Waals surface area contributed by atoms with Gasteiger partial charge in [0, 0.05) is 30.4 Å². The van der Waals surface area contributed by atoms with E-state index in [-0.39, 0.29) is 11.8 Å². The van der Waals surface area contributed by atoms with E-state index >= 15 is 0 Å². The fraction of sp³-hybridized carbons (Fsp3) is 0.348. The number of benzene rings is 2. The number of nitrogens with zero attached hydrogens (tertiary/aromatic N) is 2. The van der Waals surface area contributed by atoms with Crippen LogP contribution in [-0.4, -0.2) is 30.3 Å². The Morgan fingerprint density at radius 3 is 2.21 bits per heavy atom. The van der Waals surface area contributed by atoms with Crippen molar-refractivity contribution < 1.29 is 9.59 Å². The van der Waals surface area contributed by atoms with Crippen molar-refractivity contribution in [1.29, 1.82) is 5.26 Å². The zero-order chi connectivity index (χ0) is 19.9. The third kappa shape index (κ3) is 4.98. The third-order valence-electron chi connectivity index (χ3n) is 5.27. The number of amides is 2. The molecule has 2 aromatic rings. The molecule has 5 heteroatoms. The van der Waals surface area contributed by atoms with Crippen molar-refractivity contribution in [3.63, 3.8) is 0 Å². The molecular weight excluding hydrogens is 350 g/mol. The average molecular weight is 375 g/mol. The summed E-state index contributed by atoms with van der Waals surface area (Å²) in [5.41, 5.74) is 2.23. The van der Waals surface area contributed by atoms with Crippen LogP contribution in [0.25, 0.3) is 0 Å². The molecule has 0 atom stereocenters. The molecule has 144 valence electrons. The summed E-state index contributed by atoms with van der Waals surface area (Å²) in [5, 5.41) is 11.6. The van der Waals surface area contributed by atoms with E-state index in [9.17, 15) is 9.59 Å². The second-order valence-electron chi connectivity index (χ2n) is 7.41. The zero-order valence-electron chi connectivity index (χ0n) is 16.1. The summed E-state index contributed by atoms with van der Waals surface area (Å²) in [4.78, 5) is 26.7. The first-order chi connectivity index (χ1) is 13.6. The smallest absolute Gasteiger partial charge is 0.255 e. The lowest BCUT2D eigenvalue weighted by atomic mass is 9.89. The van der Waals surface area contributed by atoms with Gasteiger partial charge in [-0.05, 0) is 67.3 Å². The van der Waals surface area contributed by atoms with Crippen molar-refractivity contribution in [3.05, 3.63) is 65.2 Å². The Morgan fingerprint density at radius 1 is 1.00 bits per heavy atom. The normalized spacial score (nSPS) is 14.1. The Balaban J connectivity index is 1.58. The molecule has 0 radical (unpaired) electrons. The van der Waals surface area contributed by atoms with Crippen molar-refractivity contribution >= 4 is 17.5 Å². The van der Waals surface area contributed by atoms with Gasteiger partial charge in [0.2, 0.25) is 0 Å². The number of nitrogens with one attached hydrogen (secondary N) is 1. The predicted octanol–water partition coefficient (Wildman–Crippen LogP) is 4.46. The second kappa shape index (κ2) is 9.18. The lowest BCUT2D eigenvalue weighted by Gasteiger charge is -2.27. The monoisotopic (exact) mass is 375 g/mol. The molecule has 0 aliphatic heterocycles. The van der Waals surface area contributed by atoms with Crippen LogP contribution >= 0.6 is 0 Å². The fourth-order valence-electron chi connectivity index (χ4n) is 3.66. The topological polar surface area (TPSA) is 73.2 Å². The van der Waals surface area contributed by atoms with Gasteiger partial charge in [0.25, 0.3) is 11.8 Å². The number of anilines is 1. The molecule has 28 heavy (non-hydrogen) atoms. The van der Waals surface area contributed by atoms with Crippen LogP contribution in [0.5, 0.6) is 0 Å². The Labute approximate surface area is 166 Å². The number of nitriles is 1. The Bertz CT molecular complexity index is 860. The first-order valence-corrected chi connectivity index (χ1v) is 9.74. The van der Waals surface area contributed by atoms with Crippen molar-refractivity contribution in [2.24, 2.45) is 5.92 Å². The van der Waals surface area contributed by atoms with E-state index in [0.29, 0.717) is 28.3 Å². The van der Waals surface area contributed by atoms with E-state index in [1.807, 2.05) is 13.1 Å². The van der Waals surface area contributed by atoms with Gasteiger partial charge >= 0.3 is 0 Å². The van der Waals surface area contributed by atoms with Crippen LogP contribution in [0.1, 0.15) is 58.4 Å². The molecule has 1 aliphatic carbocycles. The minimum absolute atomic E-state index is 0.00976. The largest absolute Gasteiger partial charge is 0.341 e. The summed E-state index contributed by atoms with van der Waals surface area (Å²) in [6.45, 7) is 0.802. The van der Waals surface area contributed by atoms with E-state index < -0.39 is 0 Å². The van der Waals surface area contributed by atoms with Crippen LogP contribution in [0.3, 0.4) is 0 Å². The van der Waals surface area contributed by atoms with Gasteiger partial charge < -0.3 is 10.2 Å². The van der Waals surface area contributed by atoms with Gasteiger partial charge in [0.15, 0.2) is 0 Å². The van der Waals surface area contributed by atoms with Crippen LogP contribution in [0, 0.1) is 17.2 Å². The average Bonchev–Trinajstić information content (AvgIpc) is 2.74. The minimum Gasteiger partial charge on any atom is -0.341 e. The SMILES string of the molecule is CN(CC1CCCCC1)C(=O)c1ccc(NC(=O)c2ccc(C#N)cc2)cc1. The van der Waals surface area contributed by atoms with Gasteiger partial charge in [-0.15, -0.1) is 0 Å². The van der Waals surface area contributed by atoms with Crippen LogP contribution in [-0.2, 0) is 0 Å². The van der Waals surface area contributed by atoms with Crippen molar-refractivity contribution in [2.75, 3.05) is 18.9 Å². The first-order valence-electron chi connectivity index (χ1n) is 9.74. The van der Waals surface area contributed by atoms with Crippen molar-refractivity contribution in [3.8, 4) is 6.07 Å². The molecule has 3 rings (SSSR count). The quantitative estimate of drug-likeness (QED) is 0.838. The second-order valence-corrected chi connectivity index (χ2v) is 7.41. The lowest BCUT2D eigenvalue weighted by molar-refractivity contribution is 0.0760. The maximum atomic E-state index is 12.6. The Hall–Kier alpha value is -3.13. The minimum atomic E-state index is -0.252. The molecule has 1 N–H and O–H groups in total. The Kier molecular flexibility index (Phi) is 6.44. The molecule has 2 aromatic carbocycles. The molecule has 1 fully saturated rings. The van der Waals surface area contributed by atoms with Gasteiger partial charge in [-0.25, -0.2) is 0 Å².